The summed E-state index contributed by atoms with van der Waals surface area (Å²) in [4.78, 5) is 42.6. The lowest BCUT2D eigenvalue weighted by Crippen LogP contribution is -2.46. The molecule has 2 atom stereocenters. The number of alkyl halides is 3. The zero-order chi connectivity index (χ0) is 25.2. The summed E-state index contributed by atoms with van der Waals surface area (Å²) in [5.41, 5.74) is -0.766. The molecule has 186 valence electrons. The Kier molecular flexibility index (Phi) is 7.11. The zero-order valence-electron chi connectivity index (χ0n) is 19.2. The Morgan fingerprint density at radius 1 is 1.11 bits per heavy atom. The van der Waals surface area contributed by atoms with Crippen LogP contribution in [0.15, 0.2) is 58.1 Å². The van der Waals surface area contributed by atoms with Gasteiger partial charge in [0, 0.05) is 19.6 Å². The molecule has 0 spiro atoms. The third-order valence-electron chi connectivity index (χ3n) is 6.46. The molecule has 3 aromatic rings. The SMILES string of the molecule is CCOC(=O)[C@@H]1CN(CCn2c(=O)[nH]c3ccccc3c2=O)CC[C@@H]1c1cccc(C(F)(F)F)c1. The number of likely N-dealkylation sites (tertiary alicyclic amines) is 1. The number of nitrogens with zero attached hydrogens (tertiary/aromatic N) is 2. The molecule has 1 N–H and O–H groups in total. The van der Waals surface area contributed by atoms with Gasteiger partial charge >= 0.3 is 17.8 Å². The number of benzene rings is 2. The van der Waals surface area contributed by atoms with Crippen molar-refractivity contribution in [3.05, 3.63) is 80.5 Å². The zero-order valence-corrected chi connectivity index (χ0v) is 19.2. The quantitative estimate of drug-likeness (QED) is 0.537. The highest BCUT2D eigenvalue weighted by atomic mass is 19.4. The van der Waals surface area contributed by atoms with Crippen molar-refractivity contribution >= 4 is 16.9 Å². The van der Waals surface area contributed by atoms with Crippen LogP contribution in [0.3, 0.4) is 0 Å². The fourth-order valence-electron chi connectivity index (χ4n) is 4.70. The van der Waals surface area contributed by atoms with Gasteiger partial charge in [-0.1, -0.05) is 30.3 Å². The maximum absolute atomic E-state index is 13.2. The molecule has 2 aromatic carbocycles. The van der Waals surface area contributed by atoms with Gasteiger partial charge in [0.1, 0.15) is 0 Å². The van der Waals surface area contributed by atoms with Gasteiger partial charge in [-0.2, -0.15) is 13.2 Å². The van der Waals surface area contributed by atoms with E-state index in [-0.39, 0.29) is 19.7 Å². The molecule has 2 heterocycles. The Balaban J connectivity index is 1.54. The van der Waals surface area contributed by atoms with E-state index in [1.54, 1.807) is 37.3 Å². The summed E-state index contributed by atoms with van der Waals surface area (Å²) in [5.74, 6) is -1.57. The number of ether oxygens (including phenoxy) is 1. The number of hydrogen-bond donors (Lipinski definition) is 1. The number of hydrogen-bond acceptors (Lipinski definition) is 5. The third kappa shape index (κ3) is 5.32. The van der Waals surface area contributed by atoms with Crippen molar-refractivity contribution in [2.75, 3.05) is 26.2 Å². The van der Waals surface area contributed by atoms with E-state index in [9.17, 15) is 27.6 Å². The molecule has 35 heavy (non-hydrogen) atoms. The van der Waals surface area contributed by atoms with Gasteiger partial charge in [-0.25, -0.2) is 4.79 Å². The minimum absolute atomic E-state index is 0.114. The highest BCUT2D eigenvalue weighted by molar-refractivity contribution is 5.77. The Morgan fingerprint density at radius 3 is 2.63 bits per heavy atom. The van der Waals surface area contributed by atoms with Crippen LogP contribution in [-0.2, 0) is 22.3 Å². The molecule has 0 amide bonds. The molecule has 0 radical (unpaired) electrons. The Hall–Kier alpha value is -3.40. The number of aromatic nitrogens is 2. The van der Waals surface area contributed by atoms with Crippen molar-refractivity contribution in [1.29, 1.82) is 0 Å². The van der Waals surface area contributed by atoms with Crippen molar-refractivity contribution in [2.45, 2.75) is 32.0 Å². The van der Waals surface area contributed by atoms with E-state index in [1.165, 1.54) is 6.07 Å². The molecular formula is C25H26F3N3O4. The van der Waals surface area contributed by atoms with Gasteiger partial charge in [-0.3, -0.25) is 14.2 Å². The molecule has 0 unspecified atom stereocenters. The van der Waals surface area contributed by atoms with Gasteiger partial charge < -0.3 is 14.6 Å². The van der Waals surface area contributed by atoms with Gasteiger partial charge in [-0.05, 0) is 49.6 Å². The molecule has 0 saturated carbocycles. The number of esters is 1. The standard InChI is InChI=1S/C25H26F3N3O4/c1-2-35-23(33)20-15-30(11-10-18(20)16-6-5-7-17(14-16)25(26,27)28)12-13-31-22(32)19-8-3-4-9-21(19)29-24(31)34/h3-9,14,18,20H,2,10-13,15H2,1H3,(H,29,34)/t18-,20-/m1/s1. The Morgan fingerprint density at radius 2 is 1.89 bits per heavy atom. The number of halogens is 3. The number of fused-ring (bicyclic) bond motifs is 1. The molecule has 0 bridgehead atoms. The van der Waals surface area contributed by atoms with E-state index in [1.807, 2.05) is 4.90 Å². The second kappa shape index (κ2) is 10.1. The largest absolute Gasteiger partial charge is 0.466 e. The predicted molar refractivity (Wildman–Crippen MR) is 124 cm³/mol. The molecule has 7 nitrogen and oxygen atoms in total. The fourth-order valence-corrected chi connectivity index (χ4v) is 4.70. The molecule has 1 aromatic heterocycles. The van der Waals surface area contributed by atoms with Crippen LogP contribution in [0.2, 0.25) is 0 Å². The molecule has 1 saturated heterocycles. The minimum Gasteiger partial charge on any atom is -0.466 e. The summed E-state index contributed by atoms with van der Waals surface area (Å²) in [6, 6.07) is 11.8. The van der Waals surface area contributed by atoms with Gasteiger partial charge in [0.2, 0.25) is 0 Å². The summed E-state index contributed by atoms with van der Waals surface area (Å²) in [7, 11) is 0. The van der Waals surface area contributed by atoms with Crippen LogP contribution in [0.4, 0.5) is 13.2 Å². The van der Waals surface area contributed by atoms with Gasteiger partial charge in [0.15, 0.2) is 0 Å². The first kappa shape index (κ1) is 24.7. The second-order valence-corrected chi connectivity index (χ2v) is 8.61. The number of rotatable bonds is 6. The minimum atomic E-state index is -4.48. The van der Waals surface area contributed by atoms with Gasteiger partial charge in [-0.15, -0.1) is 0 Å². The molecule has 1 fully saturated rings. The monoisotopic (exact) mass is 489 g/mol. The van der Waals surface area contributed by atoms with E-state index in [0.29, 0.717) is 36.0 Å². The van der Waals surface area contributed by atoms with E-state index in [4.69, 9.17) is 4.74 Å². The Labute approximate surface area is 199 Å². The van der Waals surface area contributed by atoms with Crippen LogP contribution in [0.1, 0.15) is 30.4 Å². The molecule has 1 aliphatic heterocycles. The number of carbonyl (C=O) groups excluding carboxylic acids is 1. The maximum atomic E-state index is 13.2. The average molecular weight is 489 g/mol. The van der Waals surface area contributed by atoms with Crippen LogP contribution in [0, 0.1) is 5.92 Å². The van der Waals surface area contributed by atoms with E-state index >= 15 is 0 Å². The molecule has 10 heteroatoms. The number of H-pyrrole nitrogens is 1. The molecular weight excluding hydrogens is 463 g/mol. The summed E-state index contributed by atoms with van der Waals surface area (Å²) in [6.45, 7) is 3.02. The average Bonchev–Trinajstić information content (AvgIpc) is 2.83. The lowest BCUT2D eigenvalue weighted by atomic mass is 9.80. The summed E-state index contributed by atoms with van der Waals surface area (Å²) >= 11 is 0. The normalized spacial score (nSPS) is 19.1. The third-order valence-corrected chi connectivity index (χ3v) is 6.46. The highest BCUT2D eigenvalue weighted by Crippen LogP contribution is 2.37. The van der Waals surface area contributed by atoms with Crippen LogP contribution >= 0.6 is 0 Å². The Bertz CT molecular complexity index is 1330. The number of carbonyl (C=O) groups is 1. The number of aromatic amines is 1. The van der Waals surface area contributed by atoms with Crippen LogP contribution in [-0.4, -0.2) is 46.7 Å². The smallest absolute Gasteiger partial charge is 0.416 e. The van der Waals surface area contributed by atoms with Crippen LogP contribution in [0.5, 0.6) is 0 Å². The number of nitrogens with one attached hydrogen (secondary N) is 1. The van der Waals surface area contributed by atoms with Crippen molar-refractivity contribution in [2.24, 2.45) is 5.92 Å². The van der Waals surface area contributed by atoms with Gasteiger partial charge in [0.05, 0.1) is 29.0 Å². The van der Waals surface area contributed by atoms with E-state index in [2.05, 4.69) is 4.98 Å². The number of piperidine rings is 1. The van der Waals surface area contributed by atoms with Crippen LogP contribution < -0.4 is 11.2 Å². The molecule has 0 aliphatic carbocycles. The number of para-hydroxylation sites is 1. The summed E-state index contributed by atoms with van der Waals surface area (Å²) in [5, 5.41) is 0.403. The van der Waals surface area contributed by atoms with E-state index in [0.717, 1.165) is 16.7 Å². The first-order valence-corrected chi connectivity index (χ1v) is 11.5. The molecule has 4 rings (SSSR count). The summed E-state index contributed by atoms with van der Waals surface area (Å²) < 4.78 is 46.1. The van der Waals surface area contributed by atoms with Crippen molar-refractivity contribution in [3.8, 4) is 0 Å². The van der Waals surface area contributed by atoms with Crippen molar-refractivity contribution in [1.82, 2.24) is 14.5 Å². The topological polar surface area (TPSA) is 84.4 Å². The molecule has 1 aliphatic rings. The highest BCUT2D eigenvalue weighted by Gasteiger charge is 2.38. The fraction of sp³-hybridized carbons (Fsp3) is 0.400. The predicted octanol–water partition coefficient (Wildman–Crippen LogP) is 3.38. The van der Waals surface area contributed by atoms with Crippen molar-refractivity contribution in [3.63, 3.8) is 0 Å². The first-order chi connectivity index (χ1) is 16.7. The van der Waals surface area contributed by atoms with E-state index < -0.39 is 40.8 Å². The van der Waals surface area contributed by atoms with Gasteiger partial charge in [0.25, 0.3) is 5.56 Å². The lowest BCUT2D eigenvalue weighted by Gasteiger charge is -2.37. The summed E-state index contributed by atoms with van der Waals surface area (Å²) in [6.07, 6.45) is -4.04. The first-order valence-electron chi connectivity index (χ1n) is 11.5. The lowest BCUT2D eigenvalue weighted by molar-refractivity contribution is -0.150. The maximum Gasteiger partial charge on any atom is 0.416 e. The second-order valence-electron chi connectivity index (χ2n) is 8.61. The van der Waals surface area contributed by atoms with Crippen LogP contribution in [0.25, 0.3) is 10.9 Å². The van der Waals surface area contributed by atoms with Crippen molar-refractivity contribution < 1.29 is 22.7 Å².